The molecule has 4 aromatic carbocycles. The van der Waals surface area contributed by atoms with Crippen molar-refractivity contribution >= 4 is 31.1 Å². The van der Waals surface area contributed by atoms with Crippen molar-refractivity contribution in [3.8, 4) is 11.1 Å². The fourth-order valence-corrected chi connectivity index (χ4v) is 10.9. The molecule has 1 N–H and O–H groups in total. The third-order valence-corrected chi connectivity index (χ3v) is 13.2. The maximum atomic E-state index is 12.8. The van der Waals surface area contributed by atoms with E-state index in [1.165, 1.54) is 21.5 Å². The average molecular weight is 578 g/mol. The van der Waals surface area contributed by atoms with Gasteiger partial charge in [-0.25, -0.2) is 4.79 Å². The molecule has 0 heterocycles. The number of rotatable bonds is 11. The molecule has 0 spiro atoms. The molecule has 0 aromatic heterocycles. The lowest BCUT2D eigenvalue weighted by Gasteiger charge is -2.43. The van der Waals surface area contributed by atoms with Crippen LogP contribution in [0.1, 0.15) is 50.7 Å². The van der Waals surface area contributed by atoms with Crippen LogP contribution in [0.5, 0.6) is 0 Å². The third-order valence-electron chi connectivity index (χ3n) is 8.21. The van der Waals surface area contributed by atoms with Gasteiger partial charge in [0.1, 0.15) is 12.9 Å². The second kappa shape index (κ2) is 12.9. The zero-order valence-electron chi connectivity index (χ0n) is 24.6. The van der Waals surface area contributed by atoms with Gasteiger partial charge in [0.2, 0.25) is 0 Å². The van der Waals surface area contributed by atoms with E-state index < -0.39 is 20.5 Å². The largest absolute Gasteiger partial charge is 0.449 e. The molecule has 1 amide bonds. The van der Waals surface area contributed by atoms with Crippen molar-refractivity contribution in [3.63, 3.8) is 0 Å². The number of nitrogens with one attached hydrogen (secondary N) is 1. The number of hydrogen-bond donors (Lipinski definition) is 1. The van der Waals surface area contributed by atoms with Gasteiger partial charge in [-0.05, 0) is 50.5 Å². The molecule has 0 radical (unpaired) electrons. The summed E-state index contributed by atoms with van der Waals surface area (Å²) in [6.07, 6.45) is 1.29. The molecule has 1 atom stereocenters. The summed E-state index contributed by atoms with van der Waals surface area (Å²) in [6, 6.07) is 36.8. The summed E-state index contributed by atoms with van der Waals surface area (Å²) in [4.78, 5) is 24.7. The first-order chi connectivity index (χ1) is 20.3. The molecule has 0 bridgehead atoms. The van der Waals surface area contributed by atoms with E-state index in [-0.39, 0.29) is 17.6 Å². The van der Waals surface area contributed by atoms with Crippen LogP contribution >= 0.6 is 0 Å². The van der Waals surface area contributed by atoms with Crippen LogP contribution in [-0.2, 0) is 14.0 Å². The molecule has 0 unspecified atom stereocenters. The first-order valence-electron chi connectivity index (χ1n) is 14.7. The first kappa shape index (κ1) is 29.5. The summed E-state index contributed by atoms with van der Waals surface area (Å²) >= 11 is 0. The molecule has 4 aromatic rings. The number of carbonyl (C=O) groups is 2. The Balaban J connectivity index is 1.20. The predicted octanol–water partition coefficient (Wildman–Crippen LogP) is 6.45. The molecule has 0 aliphatic heterocycles. The minimum Gasteiger partial charge on any atom is -0.449 e. The molecule has 6 heteroatoms. The van der Waals surface area contributed by atoms with Crippen molar-refractivity contribution < 1.29 is 18.8 Å². The Hall–Kier alpha value is -4.00. The van der Waals surface area contributed by atoms with E-state index in [1.54, 1.807) is 0 Å². The molecule has 0 saturated carbocycles. The topological polar surface area (TPSA) is 64.6 Å². The maximum absolute atomic E-state index is 12.8. The lowest BCUT2D eigenvalue weighted by molar-refractivity contribution is -0.109. The van der Waals surface area contributed by atoms with Gasteiger partial charge in [-0.2, -0.15) is 0 Å². The summed E-state index contributed by atoms with van der Waals surface area (Å²) in [7, 11) is -2.65. The number of fused-ring (bicyclic) bond motifs is 3. The third kappa shape index (κ3) is 5.96. The zero-order chi connectivity index (χ0) is 29.6. The summed E-state index contributed by atoms with van der Waals surface area (Å²) in [6.45, 7) is 7.41. The number of aldehydes is 1. The highest BCUT2D eigenvalue weighted by molar-refractivity contribution is 6.99. The van der Waals surface area contributed by atoms with Crippen LogP contribution in [0.3, 0.4) is 0 Å². The van der Waals surface area contributed by atoms with Crippen molar-refractivity contribution in [2.75, 3.05) is 13.2 Å². The van der Waals surface area contributed by atoms with Crippen molar-refractivity contribution in [2.24, 2.45) is 0 Å². The molecule has 216 valence electrons. The van der Waals surface area contributed by atoms with E-state index >= 15 is 0 Å². The van der Waals surface area contributed by atoms with Crippen LogP contribution in [0.4, 0.5) is 4.79 Å². The highest BCUT2D eigenvalue weighted by Crippen LogP contribution is 2.44. The summed E-state index contributed by atoms with van der Waals surface area (Å²) in [5.41, 5.74) is 4.65. The maximum Gasteiger partial charge on any atom is 0.407 e. The standard InChI is InChI=1S/C36H39NO4Si/c1-36(2,3)42(28-16-6-4-7-17-28,29-18-8-5-9-19-29)41-24-14-15-27(25-38)37-35(39)40-26-34-32-22-12-10-20-30(32)31-21-11-13-23-33(31)34/h4-13,16-23,25,27,34H,14-15,24,26H2,1-3H3,(H,37,39)/t27-/m0/s1. The number of carbonyl (C=O) groups excluding carboxylic acids is 2. The van der Waals surface area contributed by atoms with Gasteiger partial charge in [-0.3, -0.25) is 0 Å². The van der Waals surface area contributed by atoms with Gasteiger partial charge >= 0.3 is 6.09 Å². The molecular formula is C36H39NO4Si. The molecular weight excluding hydrogens is 538 g/mol. The van der Waals surface area contributed by atoms with Gasteiger partial charge in [0.15, 0.2) is 0 Å². The van der Waals surface area contributed by atoms with E-state index in [2.05, 4.69) is 98.9 Å². The van der Waals surface area contributed by atoms with E-state index in [0.29, 0.717) is 19.4 Å². The van der Waals surface area contributed by atoms with Crippen LogP contribution < -0.4 is 15.7 Å². The minimum atomic E-state index is -2.65. The zero-order valence-corrected chi connectivity index (χ0v) is 25.6. The lowest BCUT2D eigenvalue weighted by Crippen LogP contribution is -2.66. The van der Waals surface area contributed by atoms with Crippen LogP contribution in [-0.4, -0.2) is 40.0 Å². The van der Waals surface area contributed by atoms with Gasteiger partial charge in [0, 0.05) is 12.5 Å². The number of ether oxygens (including phenoxy) is 1. The van der Waals surface area contributed by atoms with E-state index in [4.69, 9.17) is 9.16 Å². The SMILES string of the molecule is CC(C)(C)[Si](OCCC[C@@H](C=O)NC(=O)OCC1c2ccccc2-c2ccccc21)(c1ccccc1)c1ccccc1. The predicted molar refractivity (Wildman–Crippen MR) is 171 cm³/mol. The molecule has 0 saturated heterocycles. The van der Waals surface area contributed by atoms with Gasteiger partial charge in [0.25, 0.3) is 8.32 Å². The summed E-state index contributed by atoms with van der Waals surface area (Å²) < 4.78 is 12.6. The molecule has 0 fully saturated rings. The Morgan fingerprint density at radius 2 is 1.31 bits per heavy atom. The van der Waals surface area contributed by atoms with Crippen LogP contribution in [0, 0.1) is 0 Å². The van der Waals surface area contributed by atoms with Crippen molar-refractivity contribution in [2.45, 2.75) is 50.6 Å². The van der Waals surface area contributed by atoms with Crippen LogP contribution in [0.15, 0.2) is 109 Å². The Bertz CT molecular complexity index is 1410. The number of amides is 1. The van der Waals surface area contributed by atoms with Gasteiger partial charge in [0.05, 0.1) is 6.04 Å². The van der Waals surface area contributed by atoms with Gasteiger partial charge in [-0.15, -0.1) is 0 Å². The highest BCUT2D eigenvalue weighted by Gasteiger charge is 2.50. The fraction of sp³-hybridized carbons (Fsp3) is 0.278. The van der Waals surface area contributed by atoms with Crippen molar-refractivity contribution in [1.29, 1.82) is 0 Å². The Labute approximate surface area is 250 Å². The molecule has 5 nitrogen and oxygen atoms in total. The van der Waals surface area contributed by atoms with Crippen LogP contribution in [0.25, 0.3) is 11.1 Å². The van der Waals surface area contributed by atoms with E-state index in [1.807, 2.05) is 36.4 Å². The molecule has 1 aliphatic rings. The van der Waals surface area contributed by atoms with Gasteiger partial charge < -0.3 is 19.3 Å². The normalized spacial score (nSPS) is 13.6. The quantitative estimate of drug-likeness (QED) is 0.126. The number of alkyl carbamates (subject to hydrolysis) is 1. The molecule has 1 aliphatic carbocycles. The minimum absolute atomic E-state index is 0.0299. The Morgan fingerprint density at radius 1 is 0.810 bits per heavy atom. The smallest absolute Gasteiger partial charge is 0.407 e. The summed E-state index contributed by atoms with van der Waals surface area (Å²) in [5.74, 6) is -0.0299. The number of benzene rings is 4. The molecule has 5 rings (SSSR count). The fourth-order valence-electron chi connectivity index (χ4n) is 6.26. The Kier molecular flexibility index (Phi) is 9.05. The summed E-state index contributed by atoms with van der Waals surface area (Å²) in [5, 5.41) is 5.06. The Morgan fingerprint density at radius 3 is 1.81 bits per heavy atom. The van der Waals surface area contributed by atoms with E-state index in [0.717, 1.165) is 17.4 Å². The second-order valence-electron chi connectivity index (χ2n) is 11.9. The highest BCUT2D eigenvalue weighted by atomic mass is 28.4. The van der Waals surface area contributed by atoms with Crippen molar-refractivity contribution in [3.05, 3.63) is 120 Å². The number of hydrogen-bond acceptors (Lipinski definition) is 4. The monoisotopic (exact) mass is 577 g/mol. The van der Waals surface area contributed by atoms with Gasteiger partial charge in [-0.1, -0.05) is 130 Å². The van der Waals surface area contributed by atoms with E-state index in [9.17, 15) is 9.59 Å². The lowest BCUT2D eigenvalue weighted by atomic mass is 9.98. The first-order valence-corrected chi connectivity index (χ1v) is 16.6. The second-order valence-corrected chi connectivity index (χ2v) is 16.2. The van der Waals surface area contributed by atoms with Crippen molar-refractivity contribution in [1.82, 2.24) is 5.32 Å². The molecule has 42 heavy (non-hydrogen) atoms. The average Bonchev–Trinajstić information content (AvgIpc) is 3.33. The van der Waals surface area contributed by atoms with Crippen LogP contribution in [0.2, 0.25) is 5.04 Å².